The zero-order valence-electron chi connectivity index (χ0n) is 13.9. The molecule has 1 aliphatic rings. The number of carbonyl (C=O) groups excluding carboxylic acids is 1. The van der Waals surface area contributed by atoms with Gasteiger partial charge in [0.05, 0.1) is 24.3 Å². The molecule has 25 heavy (non-hydrogen) atoms. The van der Waals surface area contributed by atoms with Crippen LogP contribution in [0.4, 0.5) is 0 Å². The van der Waals surface area contributed by atoms with Crippen molar-refractivity contribution in [1.82, 2.24) is 4.98 Å². The van der Waals surface area contributed by atoms with Crippen molar-refractivity contribution in [2.24, 2.45) is 0 Å². The molecule has 0 bridgehead atoms. The molecule has 0 atom stereocenters. The maximum Gasteiger partial charge on any atom is 0.337 e. The molecule has 0 saturated carbocycles. The smallest absolute Gasteiger partial charge is 0.337 e. The Morgan fingerprint density at radius 1 is 1.40 bits per heavy atom. The fraction of sp³-hybridized carbons (Fsp3) is 0.211. The van der Waals surface area contributed by atoms with Gasteiger partial charge >= 0.3 is 11.4 Å². The summed E-state index contributed by atoms with van der Waals surface area (Å²) < 4.78 is 5.21. The van der Waals surface area contributed by atoms with Crippen LogP contribution in [0.3, 0.4) is 0 Å². The quantitative estimate of drug-likeness (QED) is 0.286. The predicted octanol–water partition coefficient (Wildman–Crippen LogP) is 3.47. The summed E-state index contributed by atoms with van der Waals surface area (Å²) in [7, 11) is 0. The van der Waals surface area contributed by atoms with Crippen LogP contribution in [0.15, 0.2) is 51.4 Å². The van der Waals surface area contributed by atoms with E-state index in [1.54, 1.807) is 12.1 Å². The van der Waals surface area contributed by atoms with E-state index in [-0.39, 0.29) is 37.3 Å². The monoisotopic (exact) mass is 518 g/mol. The summed E-state index contributed by atoms with van der Waals surface area (Å²) in [4.78, 5) is 24.6. The van der Waals surface area contributed by atoms with Crippen molar-refractivity contribution in [2.45, 2.75) is 26.7 Å². The zero-order valence-corrected chi connectivity index (χ0v) is 16.3. The summed E-state index contributed by atoms with van der Waals surface area (Å²) in [6.45, 7) is 3.00. The normalized spacial score (nSPS) is 12.3. The summed E-state index contributed by atoms with van der Waals surface area (Å²) in [5.74, 6) is 0.602. The number of ketones is 1. The van der Waals surface area contributed by atoms with Crippen LogP contribution in [0.1, 0.15) is 31.5 Å². The Balaban J connectivity index is 0.000000339. The topological polar surface area (TPSA) is 84.7 Å². The first-order valence-electron chi connectivity index (χ1n) is 7.55. The van der Waals surface area contributed by atoms with Crippen molar-refractivity contribution in [3.63, 3.8) is 0 Å². The van der Waals surface area contributed by atoms with Gasteiger partial charge in [0.1, 0.15) is 5.89 Å². The Hall–Kier alpha value is -2.30. The third kappa shape index (κ3) is 6.25. The maximum atomic E-state index is 11.8. The molecule has 133 valence electrons. The summed E-state index contributed by atoms with van der Waals surface area (Å²) in [5.41, 5.74) is 1.78. The van der Waals surface area contributed by atoms with Gasteiger partial charge < -0.3 is 9.52 Å². The molecular weight excluding hydrogens is 498 g/mol. The van der Waals surface area contributed by atoms with Crippen LogP contribution >= 0.6 is 0 Å². The van der Waals surface area contributed by atoms with Crippen molar-refractivity contribution in [3.05, 3.63) is 69.9 Å². The molecule has 0 aliphatic heterocycles. The van der Waals surface area contributed by atoms with Crippen LogP contribution in [-0.2, 0) is 26.5 Å². The van der Waals surface area contributed by atoms with Crippen LogP contribution < -0.4 is 5.63 Å². The number of aliphatic hydroxyl groups is 1. The van der Waals surface area contributed by atoms with Gasteiger partial charge in [0, 0.05) is 25.8 Å². The SMILES string of the molecule is CC(=[OH+])/C=C(/C)O.O=c1oc(-c2[c-]cccc2)nc2c1C=CCC2.[Ir]. The molecule has 2 aromatic rings. The van der Waals surface area contributed by atoms with Crippen molar-refractivity contribution >= 4 is 11.9 Å². The van der Waals surface area contributed by atoms with Gasteiger partial charge in [-0.25, -0.2) is 4.79 Å². The standard InChI is InChI=1S/C14H10NO2.C5H8O2.Ir/c16-14-11-8-4-5-9-12(11)15-13(17-14)10-6-2-1-3-7-10;1-4(6)3-5(2)7;/h1-4,6,8H,5,9H2;3,6H,1-2H3;/q-1;;/p+1/b;4-3-;. The molecule has 0 amide bonds. The van der Waals surface area contributed by atoms with Gasteiger partial charge in [0.25, 0.3) is 0 Å². The minimum Gasteiger partial charge on any atom is -0.512 e. The molecule has 6 heteroatoms. The van der Waals surface area contributed by atoms with Crippen molar-refractivity contribution in [2.75, 3.05) is 0 Å². The van der Waals surface area contributed by atoms with Crippen LogP contribution in [0.5, 0.6) is 0 Å². The molecular formula is C19H19IrNO4. The fourth-order valence-electron chi connectivity index (χ4n) is 2.19. The number of aliphatic hydroxyl groups excluding tert-OH is 1. The second kappa shape index (κ2) is 9.87. The molecule has 2 N–H and O–H groups in total. The zero-order chi connectivity index (χ0) is 17.5. The average molecular weight is 518 g/mol. The van der Waals surface area contributed by atoms with E-state index in [1.807, 2.05) is 24.3 Å². The second-order valence-corrected chi connectivity index (χ2v) is 5.31. The number of allylic oxidation sites excluding steroid dienone is 3. The number of nitrogens with zero attached hydrogens (tertiary/aromatic N) is 1. The Bertz CT molecular complexity index is 834. The van der Waals surface area contributed by atoms with Gasteiger partial charge in [-0.2, -0.15) is 0 Å². The predicted molar refractivity (Wildman–Crippen MR) is 93.4 cm³/mol. The Kier molecular flexibility index (Phi) is 8.19. The van der Waals surface area contributed by atoms with Gasteiger partial charge in [-0.3, -0.25) is 9.78 Å². The first-order chi connectivity index (χ1) is 11.5. The summed E-state index contributed by atoms with van der Waals surface area (Å²) >= 11 is 0. The summed E-state index contributed by atoms with van der Waals surface area (Å²) in [6, 6.07) is 10.3. The largest absolute Gasteiger partial charge is 0.512 e. The van der Waals surface area contributed by atoms with E-state index in [0.29, 0.717) is 17.0 Å². The van der Waals surface area contributed by atoms with Crippen LogP contribution in [0.2, 0.25) is 0 Å². The molecule has 1 heterocycles. The molecule has 0 spiro atoms. The summed E-state index contributed by atoms with van der Waals surface area (Å²) in [6.07, 6.45) is 6.74. The molecule has 1 aromatic heterocycles. The van der Waals surface area contributed by atoms with E-state index in [4.69, 9.17) is 14.3 Å². The fourth-order valence-corrected chi connectivity index (χ4v) is 2.19. The minimum absolute atomic E-state index is 0. The molecule has 0 saturated heterocycles. The number of rotatable bonds is 2. The van der Waals surface area contributed by atoms with Crippen molar-refractivity contribution in [3.8, 4) is 11.5 Å². The van der Waals surface area contributed by atoms with Crippen LogP contribution in [0.25, 0.3) is 17.5 Å². The molecule has 0 unspecified atom stereocenters. The maximum absolute atomic E-state index is 11.8. The van der Waals surface area contributed by atoms with Crippen molar-refractivity contribution < 1.29 is 34.4 Å². The molecule has 1 aromatic carbocycles. The number of aromatic nitrogens is 1. The van der Waals surface area contributed by atoms with Gasteiger partial charge in [-0.15, -0.1) is 30.3 Å². The molecule has 1 radical (unpaired) electrons. The van der Waals surface area contributed by atoms with Crippen LogP contribution in [-0.4, -0.2) is 20.7 Å². The minimum atomic E-state index is -0.321. The Labute approximate surface area is 159 Å². The summed E-state index contributed by atoms with van der Waals surface area (Å²) in [5, 5.41) is 8.40. The van der Waals surface area contributed by atoms with Gasteiger partial charge in [-0.1, -0.05) is 11.6 Å². The first-order valence-corrected chi connectivity index (χ1v) is 7.55. The Morgan fingerprint density at radius 3 is 2.72 bits per heavy atom. The van der Waals surface area contributed by atoms with E-state index in [9.17, 15) is 4.79 Å². The van der Waals surface area contributed by atoms with E-state index in [0.717, 1.165) is 18.5 Å². The van der Waals surface area contributed by atoms with Crippen LogP contribution in [0, 0.1) is 6.07 Å². The van der Waals surface area contributed by atoms with E-state index >= 15 is 0 Å². The third-order valence-corrected chi connectivity index (χ3v) is 3.15. The molecule has 1 aliphatic carbocycles. The average Bonchev–Trinajstić information content (AvgIpc) is 2.55. The molecule has 0 fully saturated rings. The van der Waals surface area contributed by atoms with E-state index in [2.05, 4.69) is 11.1 Å². The van der Waals surface area contributed by atoms with Gasteiger partial charge in [0.15, 0.2) is 0 Å². The number of benzene rings is 1. The van der Waals surface area contributed by atoms with E-state index < -0.39 is 0 Å². The molecule has 3 rings (SSSR count). The van der Waals surface area contributed by atoms with E-state index in [1.165, 1.54) is 19.9 Å². The Morgan fingerprint density at radius 2 is 2.16 bits per heavy atom. The van der Waals surface area contributed by atoms with Gasteiger partial charge in [0.2, 0.25) is 0 Å². The third-order valence-electron chi connectivity index (χ3n) is 3.15. The number of aryl methyl sites for hydroxylation is 1. The number of hydrogen-bond donors (Lipinski definition) is 1. The molecule has 5 nitrogen and oxygen atoms in total. The number of fused-ring (bicyclic) bond motifs is 1. The number of hydrogen-bond acceptors (Lipinski definition) is 4. The van der Waals surface area contributed by atoms with Crippen molar-refractivity contribution in [1.29, 1.82) is 0 Å². The second-order valence-electron chi connectivity index (χ2n) is 5.31. The van der Waals surface area contributed by atoms with Gasteiger partial charge in [-0.05, 0) is 25.8 Å². The first kappa shape index (κ1) is 20.7.